The van der Waals surface area contributed by atoms with E-state index in [0.29, 0.717) is 16.5 Å². The zero-order valence-electron chi connectivity index (χ0n) is 14.1. The normalized spacial score (nSPS) is 11.9. The fourth-order valence-corrected chi connectivity index (χ4v) is 2.85. The highest BCUT2D eigenvalue weighted by molar-refractivity contribution is 8.00. The molecule has 0 amide bonds. The number of hydrogen-bond acceptors (Lipinski definition) is 6. The van der Waals surface area contributed by atoms with Crippen LogP contribution in [-0.4, -0.2) is 30.6 Å². The number of Topliss-reactive ketones (excluding diaryl/α,β-unsaturated/α-hetero) is 1. The molecule has 0 unspecified atom stereocenters. The van der Waals surface area contributed by atoms with Crippen molar-refractivity contribution >= 4 is 28.6 Å². The van der Waals surface area contributed by atoms with Crippen molar-refractivity contribution in [2.45, 2.75) is 38.1 Å². The van der Waals surface area contributed by atoms with Crippen LogP contribution < -0.4 is 11.2 Å². The molecule has 0 atom stereocenters. The van der Waals surface area contributed by atoms with Crippen molar-refractivity contribution in [2.24, 2.45) is 14.1 Å². The third-order valence-electron chi connectivity index (χ3n) is 3.35. The fourth-order valence-electron chi connectivity index (χ4n) is 2.04. The average Bonchev–Trinajstić information content (AvgIpc) is 2.46. The second-order valence-electron chi connectivity index (χ2n) is 6.50. The van der Waals surface area contributed by atoms with Gasteiger partial charge in [-0.25, -0.2) is 14.8 Å². The Morgan fingerprint density at radius 1 is 1.13 bits per heavy atom. The van der Waals surface area contributed by atoms with Crippen LogP contribution in [0.2, 0.25) is 0 Å². The maximum absolute atomic E-state index is 12.5. The monoisotopic (exact) mass is 336 g/mol. The second-order valence-corrected chi connectivity index (χ2v) is 7.46. The van der Waals surface area contributed by atoms with Gasteiger partial charge in [0, 0.05) is 19.5 Å². The van der Waals surface area contributed by atoms with Gasteiger partial charge in [0.2, 0.25) is 0 Å². The topological polar surface area (TPSA) is 86.8 Å². The summed E-state index contributed by atoms with van der Waals surface area (Å²) in [7, 11) is 2.99. The molecule has 124 valence electrons. The van der Waals surface area contributed by atoms with Crippen LogP contribution in [-0.2, 0) is 24.3 Å². The third-order valence-corrected chi connectivity index (χ3v) is 4.47. The zero-order valence-corrected chi connectivity index (χ0v) is 14.9. The van der Waals surface area contributed by atoms with E-state index in [1.807, 2.05) is 20.8 Å². The first-order valence-electron chi connectivity index (χ1n) is 7.14. The van der Waals surface area contributed by atoms with Crippen LogP contribution in [0.1, 0.15) is 33.5 Å². The van der Waals surface area contributed by atoms with E-state index in [0.717, 1.165) is 4.57 Å². The molecule has 0 saturated heterocycles. The maximum Gasteiger partial charge on any atom is 0.332 e. The summed E-state index contributed by atoms with van der Waals surface area (Å²) < 4.78 is 2.37. The quantitative estimate of drug-likeness (QED) is 0.614. The van der Waals surface area contributed by atoms with E-state index in [-0.39, 0.29) is 22.3 Å². The Kier molecular flexibility index (Phi) is 4.48. The van der Waals surface area contributed by atoms with E-state index in [2.05, 4.69) is 9.97 Å². The molecule has 0 radical (unpaired) electrons. The van der Waals surface area contributed by atoms with Gasteiger partial charge in [-0.1, -0.05) is 32.5 Å². The van der Waals surface area contributed by atoms with Gasteiger partial charge >= 0.3 is 5.69 Å². The number of carbonyl (C=O) groups is 1. The number of carbonyl (C=O) groups excluding carboxylic acids is 1. The van der Waals surface area contributed by atoms with Crippen molar-refractivity contribution in [1.29, 1.82) is 0 Å². The van der Waals surface area contributed by atoms with Gasteiger partial charge in [-0.15, -0.1) is 0 Å². The van der Waals surface area contributed by atoms with Gasteiger partial charge < -0.3 is 0 Å². The van der Waals surface area contributed by atoms with Crippen molar-refractivity contribution in [3.63, 3.8) is 0 Å². The number of nitrogens with zero attached hydrogens (tertiary/aromatic N) is 4. The van der Waals surface area contributed by atoms with Gasteiger partial charge in [0.15, 0.2) is 5.65 Å². The van der Waals surface area contributed by atoms with Gasteiger partial charge in [-0.05, 0) is 6.92 Å². The lowest BCUT2D eigenvalue weighted by Crippen LogP contribution is -2.38. The Morgan fingerprint density at radius 2 is 1.74 bits per heavy atom. The summed E-state index contributed by atoms with van der Waals surface area (Å²) in [5.74, 6) is 0.724. The van der Waals surface area contributed by atoms with Crippen molar-refractivity contribution in [2.75, 3.05) is 5.75 Å². The molecule has 0 aliphatic rings. The molecule has 0 aromatic carbocycles. The van der Waals surface area contributed by atoms with Crippen molar-refractivity contribution < 1.29 is 4.79 Å². The van der Waals surface area contributed by atoms with Crippen LogP contribution >= 0.6 is 11.8 Å². The lowest BCUT2D eigenvalue weighted by atomic mass is 9.96. The molecular weight excluding hydrogens is 316 g/mol. The van der Waals surface area contributed by atoms with Crippen LogP contribution in [0.4, 0.5) is 0 Å². The standard InChI is InChI=1S/C15H20N4O3S/c1-8(20)7-23-11-9-10(16-13(17-11)15(2,3)4)18(5)14(22)19(6)12(9)21/h7H2,1-6H3. The Balaban J connectivity index is 2.92. The van der Waals surface area contributed by atoms with E-state index < -0.39 is 11.2 Å². The summed E-state index contributed by atoms with van der Waals surface area (Å²) in [5.41, 5.74) is -0.945. The molecule has 0 aliphatic carbocycles. The number of rotatable bonds is 3. The van der Waals surface area contributed by atoms with Crippen molar-refractivity contribution in [1.82, 2.24) is 19.1 Å². The van der Waals surface area contributed by atoms with E-state index >= 15 is 0 Å². The first-order chi connectivity index (χ1) is 10.5. The first-order valence-corrected chi connectivity index (χ1v) is 8.13. The highest BCUT2D eigenvalue weighted by atomic mass is 32.2. The minimum absolute atomic E-state index is 0.0132. The summed E-state index contributed by atoms with van der Waals surface area (Å²) in [6.45, 7) is 7.33. The molecule has 0 N–H and O–H groups in total. The number of aromatic nitrogens is 4. The number of thioether (sulfide) groups is 1. The first kappa shape index (κ1) is 17.4. The molecule has 0 bridgehead atoms. The number of fused-ring (bicyclic) bond motifs is 1. The van der Waals surface area contributed by atoms with E-state index in [4.69, 9.17) is 0 Å². The molecule has 0 spiro atoms. The molecule has 8 heteroatoms. The minimum atomic E-state index is -0.449. The molecule has 2 heterocycles. The van der Waals surface area contributed by atoms with E-state index in [1.54, 1.807) is 7.05 Å². The van der Waals surface area contributed by atoms with Gasteiger partial charge in [-0.3, -0.25) is 18.7 Å². The predicted molar refractivity (Wildman–Crippen MR) is 90.1 cm³/mol. The van der Waals surface area contributed by atoms with E-state index in [9.17, 15) is 14.4 Å². The van der Waals surface area contributed by atoms with Crippen molar-refractivity contribution in [3.8, 4) is 0 Å². The fraction of sp³-hybridized carbons (Fsp3) is 0.533. The van der Waals surface area contributed by atoms with Crippen molar-refractivity contribution in [3.05, 3.63) is 26.7 Å². The largest absolute Gasteiger partial charge is 0.332 e. The van der Waals surface area contributed by atoms with Gasteiger partial charge in [-0.2, -0.15) is 0 Å². The molecule has 0 fully saturated rings. The summed E-state index contributed by atoms with van der Waals surface area (Å²) >= 11 is 1.20. The maximum atomic E-state index is 12.5. The molecule has 23 heavy (non-hydrogen) atoms. The Labute approximate surface area is 137 Å². The summed E-state index contributed by atoms with van der Waals surface area (Å²) in [5, 5.41) is 0.708. The number of ketones is 1. The minimum Gasteiger partial charge on any atom is -0.299 e. The van der Waals surface area contributed by atoms with Crippen LogP contribution in [0.15, 0.2) is 14.6 Å². The Hall–Kier alpha value is -1.96. The smallest absolute Gasteiger partial charge is 0.299 e. The van der Waals surface area contributed by atoms with Crippen LogP contribution in [0.5, 0.6) is 0 Å². The molecule has 2 aromatic rings. The van der Waals surface area contributed by atoms with Gasteiger partial charge in [0.05, 0.1) is 5.75 Å². The van der Waals surface area contributed by atoms with E-state index in [1.165, 1.54) is 30.3 Å². The lowest BCUT2D eigenvalue weighted by Gasteiger charge is -2.19. The Bertz CT molecular complexity index is 906. The molecule has 2 rings (SSSR count). The van der Waals surface area contributed by atoms with Crippen LogP contribution in [0.3, 0.4) is 0 Å². The number of aryl methyl sites for hydroxylation is 1. The molecule has 0 aliphatic heterocycles. The van der Waals surface area contributed by atoms with Gasteiger partial charge in [0.1, 0.15) is 22.0 Å². The lowest BCUT2D eigenvalue weighted by molar-refractivity contribution is -0.114. The van der Waals surface area contributed by atoms with Crippen LogP contribution in [0, 0.1) is 0 Å². The molecular formula is C15H20N4O3S. The van der Waals surface area contributed by atoms with Gasteiger partial charge in [0.25, 0.3) is 5.56 Å². The van der Waals surface area contributed by atoms with Crippen LogP contribution in [0.25, 0.3) is 11.0 Å². The third kappa shape index (κ3) is 3.21. The molecule has 2 aromatic heterocycles. The molecule has 0 saturated carbocycles. The zero-order chi connectivity index (χ0) is 17.5. The summed E-state index contributed by atoms with van der Waals surface area (Å²) in [6.07, 6.45) is 0. The highest BCUT2D eigenvalue weighted by Gasteiger charge is 2.23. The average molecular weight is 336 g/mol. The molecule has 7 nitrogen and oxygen atoms in total. The predicted octanol–water partition coefficient (Wildman–Crippen LogP) is 1.01. The summed E-state index contributed by atoms with van der Waals surface area (Å²) in [4.78, 5) is 44.9. The second kappa shape index (κ2) is 5.92. The Morgan fingerprint density at radius 3 is 2.26 bits per heavy atom. The SMILES string of the molecule is CC(=O)CSc1nc(C(C)(C)C)nc2c1c(=O)n(C)c(=O)n2C. The number of hydrogen-bond donors (Lipinski definition) is 0. The summed E-state index contributed by atoms with van der Waals surface area (Å²) in [6, 6.07) is 0. The highest BCUT2D eigenvalue weighted by Crippen LogP contribution is 2.26.